The van der Waals surface area contributed by atoms with Gasteiger partial charge in [-0.15, -0.1) is 0 Å². The lowest BCUT2D eigenvalue weighted by atomic mass is 10.1. The molecule has 8 heteroatoms. The van der Waals surface area contributed by atoms with E-state index in [4.69, 9.17) is 0 Å². The van der Waals surface area contributed by atoms with Gasteiger partial charge >= 0.3 is 0 Å². The second-order valence-corrected chi connectivity index (χ2v) is 9.86. The van der Waals surface area contributed by atoms with E-state index in [9.17, 15) is 18.0 Å². The molecule has 4 rings (SSSR count). The molecule has 0 aliphatic carbocycles. The number of anilines is 2. The van der Waals surface area contributed by atoms with Crippen LogP contribution < -0.4 is 14.9 Å². The average Bonchev–Trinajstić information content (AvgIpc) is 2.97. The van der Waals surface area contributed by atoms with Crippen LogP contribution in [0.4, 0.5) is 11.4 Å². The minimum Gasteiger partial charge on any atom is -0.350 e. The van der Waals surface area contributed by atoms with Gasteiger partial charge in [0.2, 0.25) is 5.91 Å². The Kier molecular flexibility index (Phi) is 5.88. The summed E-state index contributed by atoms with van der Waals surface area (Å²) < 4.78 is 27.4. The Morgan fingerprint density at radius 2 is 1.69 bits per heavy atom. The molecule has 7 nitrogen and oxygen atoms in total. The first-order chi connectivity index (χ1) is 15.3. The zero-order valence-electron chi connectivity index (χ0n) is 18.0. The standard InChI is InChI=1S/C24H25N3O4S/c1-16(2)25-24(29)18-10-3-4-11-19(18)26-22(28)14-7-15-27-20-12-5-8-17-9-6-13-21(23(17)20)32(27,30)31/h3-6,8-13,16H,7,14-15H2,1-2H3,(H,25,29)(H,26,28). The summed E-state index contributed by atoms with van der Waals surface area (Å²) in [5.41, 5.74) is 1.47. The number of nitrogens with zero attached hydrogens (tertiary/aromatic N) is 1. The summed E-state index contributed by atoms with van der Waals surface area (Å²) in [6.07, 6.45) is 0.467. The lowest BCUT2D eigenvalue weighted by Gasteiger charge is -2.18. The molecule has 0 fully saturated rings. The van der Waals surface area contributed by atoms with E-state index in [1.54, 1.807) is 42.5 Å². The zero-order chi connectivity index (χ0) is 22.9. The second-order valence-electron chi connectivity index (χ2n) is 8.03. The number of para-hydroxylation sites is 1. The molecule has 32 heavy (non-hydrogen) atoms. The maximum atomic E-state index is 13.0. The molecule has 0 aromatic heterocycles. The summed E-state index contributed by atoms with van der Waals surface area (Å²) in [7, 11) is -3.64. The first kappa shape index (κ1) is 21.8. The van der Waals surface area contributed by atoms with Crippen molar-refractivity contribution in [1.29, 1.82) is 0 Å². The van der Waals surface area contributed by atoms with Crippen LogP contribution >= 0.6 is 0 Å². The molecule has 0 unspecified atom stereocenters. The molecule has 3 aromatic rings. The summed E-state index contributed by atoms with van der Waals surface area (Å²) in [6.45, 7) is 3.92. The number of hydrogen-bond acceptors (Lipinski definition) is 4. The largest absolute Gasteiger partial charge is 0.350 e. The number of hydrogen-bond donors (Lipinski definition) is 2. The van der Waals surface area contributed by atoms with Crippen molar-refractivity contribution in [2.24, 2.45) is 0 Å². The van der Waals surface area contributed by atoms with Crippen molar-refractivity contribution in [1.82, 2.24) is 5.32 Å². The fraction of sp³-hybridized carbons (Fsp3) is 0.250. The van der Waals surface area contributed by atoms with Crippen LogP contribution in [0.1, 0.15) is 37.0 Å². The van der Waals surface area contributed by atoms with Gasteiger partial charge in [0.05, 0.1) is 21.8 Å². The summed E-state index contributed by atoms with van der Waals surface area (Å²) in [5, 5.41) is 7.20. The number of amides is 2. The van der Waals surface area contributed by atoms with Crippen molar-refractivity contribution in [2.45, 2.75) is 37.6 Å². The van der Waals surface area contributed by atoms with Gasteiger partial charge in [-0.05, 0) is 49.9 Å². The maximum Gasteiger partial charge on any atom is 0.265 e. The van der Waals surface area contributed by atoms with Crippen LogP contribution in [0.5, 0.6) is 0 Å². The van der Waals surface area contributed by atoms with Crippen molar-refractivity contribution >= 4 is 44.0 Å². The molecule has 0 bridgehead atoms. The summed E-state index contributed by atoms with van der Waals surface area (Å²) in [5.74, 6) is -0.535. The number of rotatable bonds is 7. The van der Waals surface area contributed by atoms with E-state index < -0.39 is 10.0 Å². The minimum absolute atomic E-state index is 0.0257. The monoisotopic (exact) mass is 451 g/mol. The van der Waals surface area contributed by atoms with Crippen LogP contribution in [0, 0.1) is 0 Å². The molecular formula is C24H25N3O4S. The molecular weight excluding hydrogens is 426 g/mol. The van der Waals surface area contributed by atoms with E-state index in [1.165, 1.54) is 4.31 Å². The first-order valence-corrected chi connectivity index (χ1v) is 12.0. The number of carbonyl (C=O) groups excluding carboxylic acids is 2. The van der Waals surface area contributed by atoms with Gasteiger partial charge in [0.25, 0.3) is 15.9 Å². The number of benzene rings is 3. The van der Waals surface area contributed by atoms with Crippen LogP contribution in [-0.2, 0) is 14.8 Å². The quantitative estimate of drug-likeness (QED) is 0.569. The van der Waals surface area contributed by atoms with Gasteiger partial charge in [-0.2, -0.15) is 0 Å². The number of nitrogens with one attached hydrogen (secondary N) is 2. The van der Waals surface area contributed by atoms with E-state index in [-0.39, 0.29) is 30.8 Å². The van der Waals surface area contributed by atoms with Crippen LogP contribution in [0.15, 0.2) is 65.6 Å². The topological polar surface area (TPSA) is 95.6 Å². The summed E-state index contributed by atoms with van der Waals surface area (Å²) in [6, 6.07) is 17.6. The van der Waals surface area contributed by atoms with Crippen LogP contribution in [0.2, 0.25) is 0 Å². The van der Waals surface area contributed by atoms with E-state index in [1.807, 2.05) is 32.0 Å². The van der Waals surface area contributed by atoms with Crippen LogP contribution in [0.25, 0.3) is 10.8 Å². The van der Waals surface area contributed by atoms with Crippen molar-refractivity contribution in [3.63, 3.8) is 0 Å². The molecule has 1 aliphatic heterocycles. The predicted molar refractivity (Wildman–Crippen MR) is 125 cm³/mol. The molecule has 0 saturated carbocycles. The molecule has 0 saturated heterocycles. The van der Waals surface area contributed by atoms with Gasteiger partial charge < -0.3 is 10.6 Å². The highest BCUT2D eigenvalue weighted by atomic mass is 32.2. The van der Waals surface area contributed by atoms with Crippen LogP contribution in [-0.4, -0.2) is 32.8 Å². The molecule has 2 amide bonds. The highest BCUT2D eigenvalue weighted by Crippen LogP contribution is 2.41. The van der Waals surface area contributed by atoms with E-state index in [0.717, 1.165) is 10.8 Å². The molecule has 0 radical (unpaired) electrons. The van der Waals surface area contributed by atoms with Gasteiger partial charge in [0, 0.05) is 24.4 Å². The minimum atomic E-state index is -3.64. The van der Waals surface area contributed by atoms with Crippen molar-refractivity contribution < 1.29 is 18.0 Å². The van der Waals surface area contributed by atoms with Gasteiger partial charge in [0.1, 0.15) is 0 Å². The Labute approximate surface area is 187 Å². The molecule has 0 spiro atoms. The Morgan fingerprint density at radius 1 is 0.969 bits per heavy atom. The van der Waals surface area contributed by atoms with E-state index >= 15 is 0 Å². The van der Waals surface area contributed by atoms with Gasteiger partial charge in [-0.3, -0.25) is 13.9 Å². The lowest BCUT2D eigenvalue weighted by Crippen LogP contribution is -2.31. The third kappa shape index (κ3) is 4.05. The van der Waals surface area contributed by atoms with Crippen molar-refractivity contribution in [3.05, 3.63) is 66.2 Å². The van der Waals surface area contributed by atoms with Gasteiger partial charge in [-0.25, -0.2) is 8.42 Å². The van der Waals surface area contributed by atoms with Gasteiger partial charge in [0.15, 0.2) is 0 Å². The van der Waals surface area contributed by atoms with Crippen LogP contribution in [0.3, 0.4) is 0 Å². The molecule has 166 valence electrons. The molecule has 1 aliphatic rings. The lowest BCUT2D eigenvalue weighted by molar-refractivity contribution is -0.116. The van der Waals surface area contributed by atoms with Crippen molar-refractivity contribution in [2.75, 3.05) is 16.2 Å². The van der Waals surface area contributed by atoms with Gasteiger partial charge in [-0.1, -0.05) is 36.4 Å². The molecule has 0 atom stereocenters. The highest BCUT2D eigenvalue weighted by molar-refractivity contribution is 7.93. The first-order valence-electron chi connectivity index (χ1n) is 10.5. The Balaban J connectivity index is 1.43. The number of sulfonamides is 1. The SMILES string of the molecule is CC(C)NC(=O)c1ccccc1NC(=O)CCCN1c2cccc3cccc(c23)S1(=O)=O. The summed E-state index contributed by atoms with van der Waals surface area (Å²) >= 11 is 0. The molecule has 1 heterocycles. The molecule has 2 N–H and O–H groups in total. The normalized spacial score (nSPS) is 14.0. The maximum absolute atomic E-state index is 13.0. The Morgan fingerprint density at radius 3 is 2.44 bits per heavy atom. The predicted octanol–water partition coefficient (Wildman–Crippen LogP) is 3.91. The third-order valence-electron chi connectivity index (χ3n) is 5.31. The van der Waals surface area contributed by atoms with Crippen molar-refractivity contribution in [3.8, 4) is 0 Å². The molecule has 3 aromatic carbocycles. The third-order valence-corrected chi connectivity index (χ3v) is 7.17. The highest BCUT2D eigenvalue weighted by Gasteiger charge is 2.35. The Hall–Kier alpha value is -3.39. The van der Waals surface area contributed by atoms with E-state index in [2.05, 4.69) is 10.6 Å². The fourth-order valence-corrected chi connectivity index (χ4v) is 5.67. The second kappa shape index (κ2) is 8.63. The average molecular weight is 452 g/mol. The fourth-order valence-electron chi connectivity index (χ4n) is 3.92. The smallest absolute Gasteiger partial charge is 0.265 e. The summed E-state index contributed by atoms with van der Waals surface area (Å²) in [4.78, 5) is 25.2. The van der Waals surface area contributed by atoms with E-state index in [0.29, 0.717) is 28.3 Å². The number of carbonyl (C=O) groups is 2. The zero-order valence-corrected chi connectivity index (χ0v) is 18.8. The Bertz CT molecular complexity index is 1300.